The summed E-state index contributed by atoms with van der Waals surface area (Å²) in [5.74, 6) is 1.26. The molecule has 2 nitrogen and oxygen atoms in total. The van der Waals surface area contributed by atoms with Gasteiger partial charge in [0.15, 0.2) is 11.4 Å². The molecular weight excluding hydrogens is 280 g/mol. The van der Waals surface area contributed by atoms with E-state index in [1.54, 1.807) is 0 Å². The van der Waals surface area contributed by atoms with E-state index in [-0.39, 0.29) is 0 Å². The van der Waals surface area contributed by atoms with Crippen LogP contribution in [0, 0.1) is 11.8 Å². The topological polar surface area (TPSA) is 8.81 Å². The first-order chi connectivity index (χ1) is 11.0. The van der Waals surface area contributed by atoms with Gasteiger partial charge in [-0.15, -0.1) is 0 Å². The Kier molecular flexibility index (Phi) is 5.59. The quantitative estimate of drug-likeness (QED) is 0.643. The SMILES string of the molecule is C=Cc1c(C=C)[n+](CC(C)C)cn1-c1ccc(CC(C)C)cc1. The van der Waals surface area contributed by atoms with Crippen LogP contribution in [0.25, 0.3) is 17.8 Å². The molecule has 0 spiro atoms. The first-order valence-corrected chi connectivity index (χ1v) is 8.45. The van der Waals surface area contributed by atoms with E-state index in [9.17, 15) is 0 Å². The lowest BCUT2D eigenvalue weighted by atomic mass is 10.0. The summed E-state index contributed by atoms with van der Waals surface area (Å²) in [5, 5.41) is 0. The summed E-state index contributed by atoms with van der Waals surface area (Å²) in [6.07, 6.45) is 7.11. The zero-order valence-corrected chi connectivity index (χ0v) is 14.9. The summed E-state index contributed by atoms with van der Waals surface area (Å²) in [5.41, 5.74) is 4.77. The second kappa shape index (κ2) is 7.45. The Morgan fingerprint density at radius 2 is 1.65 bits per heavy atom. The molecular formula is C21H29N2+. The summed E-state index contributed by atoms with van der Waals surface area (Å²) in [7, 11) is 0. The Bertz CT molecular complexity index is 673. The predicted molar refractivity (Wildman–Crippen MR) is 99.5 cm³/mol. The summed E-state index contributed by atoms with van der Waals surface area (Å²) in [4.78, 5) is 0. The fraction of sp³-hybridized carbons (Fsp3) is 0.381. The van der Waals surface area contributed by atoms with Crippen LogP contribution in [-0.4, -0.2) is 4.57 Å². The number of hydrogen-bond acceptors (Lipinski definition) is 0. The van der Waals surface area contributed by atoms with Crippen molar-refractivity contribution < 1.29 is 4.57 Å². The Hall–Kier alpha value is -2.09. The van der Waals surface area contributed by atoms with Gasteiger partial charge < -0.3 is 0 Å². The van der Waals surface area contributed by atoms with Crippen LogP contribution in [0.5, 0.6) is 0 Å². The predicted octanol–water partition coefficient (Wildman–Crippen LogP) is 4.91. The number of hydrogen-bond donors (Lipinski definition) is 0. The van der Waals surface area contributed by atoms with E-state index in [1.807, 2.05) is 12.2 Å². The molecule has 0 aliphatic carbocycles. The van der Waals surface area contributed by atoms with Crippen molar-refractivity contribution in [2.75, 3.05) is 0 Å². The summed E-state index contributed by atoms with van der Waals surface area (Å²) >= 11 is 0. The molecule has 1 aromatic carbocycles. The smallest absolute Gasteiger partial charge is 0.229 e. The molecule has 122 valence electrons. The highest BCUT2D eigenvalue weighted by atomic mass is 15.1. The molecule has 0 N–H and O–H groups in total. The molecule has 0 unspecified atom stereocenters. The third-order valence-corrected chi connectivity index (χ3v) is 3.89. The van der Waals surface area contributed by atoms with Gasteiger partial charge in [-0.25, -0.2) is 4.57 Å². The minimum absolute atomic E-state index is 0.584. The van der Waals surface area contributed by atoms with Gasteiger partial charge in [-0.1, -0.05) is 53.0 Å². The highest BCUT2D eigenvalue weighted by Gasteiger charge is 2.20. The van der Waals surface area contributed by atoms with Gasteiger partial charge in [-0.3, -0.25) is 0 Å². The Balaban J connectivity index is 2.43. The fourth-order valence-corrected chi connectivity index (χ4v) is 2.97. The third kappa shape index (κ3) is 4.01. The van der Waals surface area contributed by atoms with E-state index in [4.69, 9.17) is 0 Å². The van der Waals surface area contributed by atoms with Gasteiger partial charge >= 0.3 is 0 Å². The minimum atomic E-state index is 0.584. The van der Waals surface area contributed by atoms with Gasteiger partial charge in [0.05, 0.1) is 6.54 Å². The molecule has 0 saturated carbocycles. The van der Waals surface area contributed by atoms with E-state index >= 15 is 0 Å². The molecule has 2 aromatic rings. The van der Waals surface area contributed by atoms with E-state index in [0.717, 1.165) is 30.0 Å². The summed E-state index contributed by atoms with van der Waals surface area (Å²) < 4.78 is 4.46. The van der Waals surface area contributed by atoms with Crippen molar-refractivity contribution in [2.24, 2.45) is 11.8 Å². The molecule has 0 bridgehead atoms. The number of rotatable bonds is 7. The van der Waals surface area contributed by atoms with Crippen molar-refractivity contribution >= 4 is 12.2 Å². The van der Waals surface area contributed by atoms with E-state index < -0.39 is 0 Å². The molecule has 2 heteroatoms. The van der Waals surface area contributed by atoms with E-state index in [0.29, 0.717) is 11.8 Å². The van der Waals surface area contributed by atoms with Crippen molar-refractivity contribution in [2.45, 2.75) is 40.7 Å². The van der Waals surface area contributed by atoms with Crippen molar-refractivity contribution in [3.8, 4) is 5.69 Å². The molecule has 0 radical (unpaired) electrons. The van der Waals surface area contributed by atoms with Crippen molar-refractivity contribution in [1.82, 2.24) is 4.57 Å². The number of imidazole rings is 1. The van der Waals surface area contributed by atoms with Gasteiger partial charge in [0.1, 0.15) is 5.69 Å². The lowest BCUT2D eigenvalue weighted by Crippen LogP contribution is -2.37. The average molecular weight is 309 g/mol. The lowest BCUT2D eigenvalue weighted by molar-refractivity contribution is -0.703. The van der Waals surface area contributed by atoms with Gasteiger partial charge in [0.25, 0.3) is 0 Å². The second-order valence-electron chi connectivity index (χ2n) is 6.97. The summed E-state index contributed by atoms with van der Waals surface area (Å²) in [6, 6.07) is 8.83. The Morgan fingerprint density at radius 3 is 2.13 bits per heavy atom. The fourth-order valence-electron chi connectivity index (χ4n) is 2.97. The van der Waals surface area contributed by atoms with Crippen molar-refractivity contribution in [3.05, 3.63) is 60.7 Å². The maximum atomic E-state index is 3.99. The number of benzene rings is 1. The van der Waals surface area contributed by atoms with E-state index in [1.165, 1.54) is 5.56 Å². The lowest BCUT2D eigenvalue weighted by Gasteiger charge is -2.05. The molecule has 0 aliphatic heterocycles. The highest BCUT2D eigenvalue weighted by molar-refractivity contribution is 5.58. The molecule has 0 aliphatic rings. The van der Waals surface area contributed by atoms with Crippen LogP contribution in [-0.2, 0) is 13.0 Å². The normalized spacial score (nSPS) is 11.2. The second-order valence-corrected chi connectivity index (χ2v) is 6.97. The molecule has 0 atom stereocenters. The molecule has 1 heterocycles. The van der Waals surface area contributed by atoms with Crippen LogP contribution in [0.4, 0.5) is 0 Å². The first kappa shape index (κ1) is 17.3. The van der Waals surface area contributed by atoms with Gasteiger partial charge in [-0.2, -0.15) is 4.57 Å². The van der Waals surface area contributed by atoms with Gasteiger partial charge in [0.2, 0.25) is 6.33 Å². The maximum Gasteiger partial charge on any atom is 0.249 e. The molecule has 2 rings (SSSR count). The standard InChI is InChI=1S/C21H29N2/c1-7-20-21(8-2)23(15-22(20)14-17(5)6)19-11-9-18(10-12-19)13-16(3)4/h7-12,15-17H,1-2,13-14H2,3-6H3/q+1. The van der Waals surface area contributed by atoms with Crippen molar-refractivity contribution in [1.29, 1.82) is 0 Å². The van der Waals surface area contributed by atoms with E-state index in [2.05, 4.69) is 80.6 Å². The molecule has 0 fully saturated rings. The van der Waals surface area contributed by atoms with Gasteiger partial charge in [0, 0.05) is 0 Å². The molecule has 0 amide bonds. The molecule has 1 aromatic heterocycles. The maximum absolute atomic E-state index is 3.99. The largest absolute Gasteiger partial charge is 0.249 e. The monoisotopic (exact) mass is 309 g/mol. The zero-order chi connectivity index (χ0) is 17.0. The minimum Gasteiger partial charge on any atom is -0.229 e. The highest BCUT2D eigenvalue weighted by Crippen LogP contribution is 2.18. The van der Waals surface area contributed by atoms with Crippen LogP contribution in [0.15, 0.2) is 43.8 Å². The van der Waals surface area contributed by atoms with Crippen LogP contribution in [0.1, 0.15) is 44.6 Å². The zero-order valence-electron chi connectivity index (χ0n) is 14.9. The van der Waals surface area contributed by atoms with Crippen LogP contribution < -0.4 is 4.57 Å². The molecule has 0 saturated heterocycles. The first-order valence-electron chi connectivity index (χ1n) is 8.45. The Morgan fingerprint density at radius 1 is 1.00 bits per heavy atom. The number of aromatic nitrogens is 2. The van der Waals surface area contributed by atoms with Crippen molar-refractivity contribution in [3.63, 3.8) is 0 Å². The third-order valence-electron chi connectivity index (χ3n) is 3.89. The van der Waals surface area contributed by atoms with Crippen LogP contribution >= 0.6 is 0 Å². The number of nitrogens with zero attached hydrogens (tertiary/aromatic N) is 2. The van der Waals surface area contributed by atoms with Crippen LogP contribution in [0.3, 0.4) is 0 Å². The van der Waals surface area contributed by atoms with Gasteiger partial charge in [-0.05, 0) is 48.1 Å². The Labute approximate surface area is 140 Å². The average Bonchev–Trinajstić information content (AvgIpc) is 2.84. The van der Waals surface area contributed by atoms with Crippen LogP contribution in [0.2, 0.25) is 0 Å². The molecule has 23 heavy (non-hydrogen) atoms. The summed E-state index contributed by atoms with van der Waals surface area (Å²) in [6.45, 7) is 17.9.